The standard InChI is InChI=1S/C28H30F2N6O4/c1-16-13-31-24-22(39-4)12-19(14-36(16)24)27(38)35-11-10-21(20(15-35)18-8-6-5-7-9-18)32-25(37)23-17(2)26(33-34(23)3)40-28(29)30/h5-9,12-14,20-21,28H,10-11,15H2,1-4H3,(H,32,37)/t20-,21-/m1/s1. The molecule has 2 amide bonds. The summed E-state index contributed by atoms with van der Waals surface area (Å²) in [5.74, 6) is -0.609. The molecular formula is C28H30F2N6O4. The van der Waals surface area contributed by atoms with Crippen LogP contribution in [0.15, 0.2) is 48.8 Å². The zero-order valence-electron chi connectivity index (χ0n) is 22.6. The SMILES string of the molecule is COc1cc(C(=O)N2CC[C@@H](NC(=O)c3c(C)c(OC(F)F)nn3C)[C@@H](c3ccccc3)C2)cn2c(C)cnc12. The molecule has 1 saturated heterocycles. The maximum absolute atomic E-state index is 13.7. The third-order valence-electron chi connectivity index (χ3n) is 7.32. The lowest BCUT2D eigenvalue weighted by Crippen LogP contribution is -2.51. The second-order valence-corrected chi connectivity index (χ2v) is 9.81. The number of hydrogen-bond donors (Lipinski definition) is 1. The van der Waals surface area contributed by atoms with Crippen molar-refractivity contribution in [1.29, 1.82) is 0 Å². The van der Waals surface area contributed by atoms with Crippen molar-refractivity contribution in [1.82, 2.24) is 29.4 Å². The molecular weight excluding hydrogens is 522 g/mol. The molecule has 10 nitrogen and oxygen atoms in total. The van der Waals surface area contributed by atoms with E-state index in [1.165, 1.54) is 18.7 Å². The molecule has 0 spiro atoms. The smallest absolute Gasteiger partial charge is 0.388 e. The van der Waals surface area contributed by atoms with E-state index in [9.17, 15) is 18.4 Å². The quantitative estimate of drug-likeness (QED) is 0.375. The third-order valence-corrected chi connectivity index (χ3v) is 7.32. The highest BCUT2D eigenvalue weighted by Crippen LogP contribution is 2.30. The number of fused-ring (bicyclic) bond motifs is 1. The van der Waals surface area contributed by atoms with Gasteiger partial charge < -0.3 is 24.1 Å². The molecule has 210 valence electrons. The van der Waals surface area contributed by atoms with E-state index in [0.29, 0.717) is 36.5 Å². The number of carbonyl (C=O) groups is 2. The number of rotatable bonds is 7. The number of alkyl halides is 2. The number of methoxy groups -OCH3 is 1. The van der Waals surface area contributed by atoms with Gasteiger partial charge in [0.1, 0.15) is 5.69 Å². The van der Waals surface area contributed by atoms with Crippen molar-refractivity contribution in [3.05, 3.63) is 76.9 Å². The van der Waals surface area contributed by atoms with Crippen molar-refractivity contribution >= 4 is 17.5 Å². The average Bonchev–Trinajstić information content (AvgIpc) is 3.45. The molecule has 0 unspecified atom stereocenters. The minimum Gasteiger partial charge on any atom is -0.493 e. The van der Waals surface area contributed by atoms with Crippen LogP contribution in [-0.4, -0.2) is 68.7 Å². The van der Waals surface area contributed by atoms with E-state index in [4.69, 9.17) is 4.74 Å². The molecule has 0 saturated carbocycles. The van der Waals surface area contributed by atoms with Gasteiger partial charge in [-0.05, 0) is 31.9 Å². The molecule has 40 heavy (non-hydrogen) atoms. The Labute approximate surface area is 229 Å². The number of pyridine rings is 1. The predicted octanol–water partition coefficient (Wildman–Crippen LogP) is 3.72. The predicted molar refractivity (Wildman–Crippen MR) is 142 cm³/mol. The highest BCUT2D eigenvalue weighted by atomic mass is 19.3. The van der Waals surface area contributed by atoms with Crippen LogP contribution in [0.3, 0.4) is 0 Å². The number of imidazole rings is 1. The van der Waals surface area contributed by atoms with E-state index in [2.05, 4.69) is 20.1 Å². The van der Waals surface area contributed by atoms with Gasteiger partial charge in [0.25, 0.3) is 11.8 Å². The van der Waals surface area contributed by atoms with E-state index < -0.39 is 12.5 Å². The molecule has 12 heteroatoms. The van der Waals surface area contributed by atoms with Crippen molar-refractivity contribution in [3.63, 3.8) is 0 Å². The van der Waals surface area contributed by atoms with Crippen molar-refractivity contribution < 1.29 is 27.8 Å². The highest BCUT2D eigenvalue weighted by Gasteiger charge is 2.35. The highest BCUT2D eigenvalue weighted by molar-refractivity contribution is 5.96. The van der Waals surface area contributed by atoms with E-state index in [1.807, 2.05) is 41.7 Å². The molecule has 2 atom stereocenters. The van der Waals surface area contributed by atoms with Crippen LogP contribution in [0.25, 0.3) is 5.65 Å². The van der Waals surface area contributed by atoms with Crippen LogP contribution in [0.2, 0.25) is 0 Å². The van der Waals surface area contributed by atoms with Gasteiger partial charge >= 0.3 is 6.61 Å². The van der Waals surface area contributed by atoms with Crippen LogP contribution < -0.4 is 14.8 Å². The Kier molecular flexibility index (Phi) is 7.42. The molecule has 4 aromatic rings. The number of likely N-dealkylation sites (tertiary alicyclic amines) is 1. The Morgan fingerprint density at radius 1 is 1.18 bits per heavy atom. The van der Waals surface area contributed by atoms with Gasteiger partial charge in [-0.25, -0.2) is 4.98 Å². The maximum atomic E-state index is 13.7. The fourth-order valence-corrected chi connectivity index (χ4v) is 5.33. The molecule has 0 aliphatic carbocycles. The van der Waals surface area contributed by atoms with Crippen LogP contribution >= 0.6 is 0 Å². The largest absolute Gasteiger partial charge is 0.493 e. The van der Waals surface area contributed by atoms with Gasteiger partial charge in [-0.3, -0.25) is 14.3 Å². The average molecular weight is 553 g/mol. The molecule has 0 bridgehead atoms. The fraction of sp³-hybridized carbons (Fsp3) is 0.357. The molecule has 4 heterocycles. The van der Waals surface area contributed by atoms with Crippen molar-refractivity contribution in [2.24, 2.45) is 7.05 Å². The number of benzene rings is 1. The number of amides is 2. The monoisotopic (exact) mass is 552 g/mol. The summed E-state index contributed by atoms with van der Waals surface area (Å²) >= 11 is 0. The molecule has 1 aromatic carbocycles. The summed E-state index contributed by atoms with van der Waals surface area (Å²) < 4.78 is 38.6. The van der Waals surface area contributed by atoms with Crippen LogP contribution in [0.1, 0.15) is 50.0 Å². The normalized spacial score (nSPS) is 17.3. The zero-order chi connectivity index (χ0) is 28.6. The fourth-order valence-electron chi connectivity index (χ4n) is 5.33. The molecule has 0 radical (unpaired) electrons. The number of ether oxygens (including phenoxy) is 2. The first-order valence-corrected chi connectivity index (χ1v) is 12.8. The molecule has 1 aliphatic rings. The van der Waals surface area contributed by atoms with Crippen LogP contribution in [-0.2, 0) is 7.05 Å². The lowest BCUT2D eigenvalue weighted by Gasteiger charge is -2.39. The number of hydrogen-bond acceptors (Lipinski definition) is 6. The van der Waals surface area contributed by atoms with E-state index in [-0.39, 0.29) is 35.0 Å². The molecule has 5 rings (SSSR count). The van der Waals surface area contributed by atoms with E-state index in [1.54, 1.807) is 30.5 Å². The summed E-state index contributed by atoms with van der Waals surface area (Å²) in [6, 6.07) is 11.0. The summed E-state index contributed by atoms with van der Waals surface area (Å²) in [4.78, 5) is 33.2. The Bertz CT molecular complexity index is 1550. The summed E-state index contributed by atoms with van der Waals surface area (Å²) in [5.41, 5.74) is 3.30. The van der Waals surface area contributed by atoms with Gasteiger partial charge in [-0.1, -0.05) is 30.3 Å². The third kappa shape index (κ3) is 5.08. The summed E-state index contributed by atoms with van der Waals surface area (Å²) in [7, 11) is 3.04. The minimum absolute atomic E-state index is 0.136. The summed E-state index contributed by atoms with van der Waals surface area (Å²) in [6.07, 6.45) is 3.97. The van der Waals surface area contributed by atoms with Crippen LogP contribution in [0.4, 0.5) is 8.78 Å². The van der Waals surface area contributed by atoms with E-state index in [0.717, 1.165) is 11.3 Å². The Balaban J connectivity index is 1.41. The summed E-state index contributed by atoms with van der Waals surface area (Å²) in [6.45, 7) is 1.14. The lowest BCUT2D eigenvalue weighted by atomic mass is 9.85. The first kappa shape index (κ1) is 27.1. The number of halogens is 2. The number of carbonyl (C=O) groups excluding carboxylic acids is 2. The van der Waals surface area contributed by atoms with E-state index >= 15 is 0 Å². The lowest BCUT2D eigenvalue weighted by molar-refractivity contribution is -0.0535. The number of aromatic nitrogens is 4. The topological polar surface area (TPSA) is 103 Å². The zero-order valence-corrected chi connectivity index (χ0v) is 22.6. The molecule has 1 fully saturated rings. The number of aryl methyl sites for hydroxylation is 2. The molecule has 1 aliphatic heterocycles. The van der Waals surface area contributed by atoms with Gasteiger partial charge in [0, 0.05) is 55.7 Å². The van der Waals surface area contributed by atoms with Gasteiger partial charge in [0.05, 0.1) is 12.7 Å². The van der Waals surface area contributed by atoms with Crippen molar-refractivity contribution in [2.75, 3.05) is 20.2 Å². The van der Waals surface area contributed by atoms with Crippen LogP contribution in [0, 0.1) is 13.8 Å². The van der Waals surface area contributed by atoms with Gasteiger partial charge in [0.15, 0.2) is 11.4 Å². The van der Waals surface area contributed by atoms with Gasteiger partial charge in [0.2, 0.25) is 5.88 Å². The number of nitrogens with one attached hydrogen (secondary N) is 1. The second-order valence-electron chi connectivity index (χ2n) is 9.81. The summed E-state index contributed by atoms with van der Waals surface area (Å²) in [5, 5.41) is 7.00. The first-order chi connectivity index (χ1) is 19.2. The van der Waals surface area contributed by atoms with Crippen LogP contribution in [0.5, 0.6) is 11.6 Å². The van der Waals surface area contributed by atoms with Crippen molar-refractivity contribution in [3.8, 4) is 11.6 Å². The number of piperidine rings is 1. The molecule has 1 N–H and O–H groups in total. The number of nitrogens with zero attached hydrogens (tertiary/aromatic N) is 5. The van der Waals surface area contributed by atoms with Crippen molar-refractivity contribution in [2.45, 2.75) is 38.8 Å². The van der Waals surface area contributed by atoms with Gasteiger partial charge in [-0.15, -0.1) is 5.10 Å². The maximum Gasteiger partial charge on any atom is 0.388 e. The Morgan fingerprint density at radius 3 is 2.62 bits per heavy atom. The first-order valence-electron chi connectivity index (χ1n) is 12.8. The Morgan fingerprint density at radius 2 is 1.93 bits per heavy atom. The minimum atomic E-state index is -3.05. The molecule has 3 aromatic heterocycles. The second kappa shape index (κ2) is 10.9. The van der Waals surface area contributed by atoms with Gasteiger partial charge in [-0.2, -0.15) is 8.78 Å². The Hall–Kier alpha value is -4.48.